The zero-order valence-corrected chi connectivity index (χ0v) is 15.0. The van der Waals surface area contributed by atoms with Gasteiger partial charge in [-0.05, 0) is 36.8 Å². The van der Waals surface area contributed by atoms with Gasteiger partial charge in [0.2, 0.25) is 5.91 Å². The van der Waals surface area contributed by atoms with Gasteiger partial charge in [0.1, 0.15) is 0 Å². The normalized spacial score (nSPS) is 10.3. The van der Waals surface area contributed by atoms with Gasteiger partial charge >= 0.3 is 0 Å². The zero-order valence-electron chi connectivity index (χ0n) is 13.5. The van der Waals surface area contributed by atoms with Crippen LogP contribution in [0.25, 0.3) is 0 Å². The fourth-order valence-corrected chi connectivity index (χ4v) is 2.63. The Morgan fingerprint density at radius 2 is 1.79 bits per heavy atom. The summed E-state index contributed by atoms with van der Waals surface area (Å²) in [6.07, 6.45) is 0. The van der Waals surface area contributed by atoms with Crippen molar-refractivity contribution in [2.45, 2.75) is 13.8 Å². The predicted molar refractivity (Wildman–Crippen MR) is 98.0 cm³/mol. The van der Waals surface area contributed by atoms with Crippen LogP contribution in [0.4, 0.5) is 5.69 Å². The third-order valence-corrected chi connectivity index (χ3v) is 4.33. The topological polar surface area (TPSA) is 49.4 Å². The molecule has 0 heterocycles. The highest BCUT2D eigenvalue weighted by atomic mass is 35.5. The molecule has 0 radical (unpaired) electrons. The van der Waals surface area contributed by atoms with Crippen molar-refractivity contribution in [3.05, 3.63) is 63.6 Å². The average Bonchev–Trinajstić information content (AvgIpc) is 2.54. The molecule has 6 heteroatoms. The summed E-state index contributed by atoms with van der Waals surface area (Å²) in [7, 11) is 0. The van der Waals surface area contributed by atoms with Crippen molar-refractivity contribution in [1.82, 2.24) is 5.32 Å². The van der Waals surface area contributed by atoms with Crippen LogP contribution in [0.3, 0.4) is 0 Å². The number of nitrogens with zero attached hydrogens (tertiary/aromatic N) is 1. The number of para-hydroxylation sites is 1. The van der Waals surface area contributed by atoms with E-state index in [1.807, 2.05) is 31.2 Å². The minimum absolute atomic E-state index is 0.0758. The molecule has 0 aliphatic rings. The first kappa shape index (κ1) is 18.3. The van der Waals surface area contributed by atoms with Crippen molar-refractivity contribution in [3.8, 4) is 0 Å². The number of hydrogen-bond acceptors (Lipinski definition) is 2. The monoisotopic (exact) mass is 364 g/mol. The second kappa shape index (κ2) is 8.18. The standard InChI is InChI=1S/C18H18Cl2N2O2/c1-12-5-3-4-6-17(12)22(13(2)23)10-9-21-18(24)14-7-8-15(19)16(20)11-14/h3-8,11H,9-10H2,1-2H3,(H,21,24). The molecule has 0 bridgehead atoms. The second-order valence-corrected chi connectivity index (χ2v) is 6.16. The van der Waals surface area contributed by atoms with E-state index in [9.17, 15) is 9.59 Å². The third-order valence-electron chi connectivity index (χ3n) is 3.59. The largest absolute Gasteiger partial charge is 0.350 e. The molecule has 0 unspecified atom stereocenters. The van der Waals surface area contributed by atoms with Crippen LogP contribution < -0.4 is 10.2 Å². The first-order chi connectivity index (χ1) is 11.4. The Labute approximate surface area is 151 Å². The highest BCUT2D eigenvalue weighted by Gasteiger charge is 2.14. The molecule has 2 rings (SSSR count). The minimum Gasteiger partial charge on any atom is -0.350 e. The number of amides is 2. The van der Waals surface area contributed by atoms with Crippen molar-refractivity contribution in [2.24, 2.45) is 0 Å². The van der Waals surface area contributed by atoms with E-state index >= 15 is 0 Å². The van der Waals surface area contributed by atoms with E-state index in [1.165, 1.54) is 13.0 Å². The van der Waals surface area contributed by atoms with E-state index in [-0.39, 0.29) is 11.8 Å². The first-order valence-electron chi connectivity index (χ1n) is 7.47. The molecular formula is C18H18Cl2N2O2. The summed E-state index contributed by atoms with van der Waals surface area (Å²) < 4.78 is 0. The second-order valence-electron chi connectivity index (χ2n) is 5.34. The number of carbonyl (C=O) groups excluding carboxylic acids is 2. The number of anilines is 1. The molecule has 0 atom stereocenters. The van der Waals surface area contributed by atoms with E-state index in [2.05, 4.69) is 5.32 Å². The predicted octanol–water partition coefficient (Wildman–Crippen LogP) is 4.08. The van der Waals surface area contributed by atoms with Crippen LogP contribution in [0.1, 0.15) is 22.8 Å². The number of hydrogen-bond donors (Lipinski definition) is 1. The number of rotatable bonds is 5. The van der Waals surface area contributed by atoms with Crippen LogP contribution in [0.2, 0.25) is 10.0 Å². The van der Waals surface area contributed by atoms with Gasteiger partial charge in [-0.25, -0.2) is 0 Å². The Balaban J connectivity index is 2.00. The van der Waals surface area contributed by atoms with Crippen molar-refractivity contribution in [2.75, 3.05) is 18.0 Å². The van der Waals surface area contributed by atoms with E-state index in [0.29, 0.717) is 28.7 Å². The quantitative estimate of drug-likeness (QED) is 0.868. The van der Waals surface area contributed by atoms with Crippen molar-refractivity contribution < 1.29 is 9.59 Å². The molecule has 0 aliphatic heterocycles. The number of benzene rings is 2. The molecule has 24 heavy (non-hydrogen) atoms. The van der Waals surface area contributed by atoms with Gasteiger partial charge in [0, 0.05) is 31.3 Å². The highest BCUT2D eigenvalue weighted by Crippen LogP contribution is 2.22. The maximum atomic E-state index is 12.1. The van der Waals surface area contributed by atoms with E-state index in [1.54, 1.807) is 17.0 Å². The van der Waals surface area contributed by atoms with Crippen LogP contribution in [0.15, 0.2) is 42.5 Å². The number of aryl methyl sites for hydroxylation is 1. The molecule has 126 valence electrons. The fraction of sp³-hybridized carbons (Fsp3) is 0.222. The minimum atomic E-state index is -0.262. The van der Waals surface area contributed by atoms with E-state index in [0.717, 1.165) is 11.3 Å². The van der Waals surface area contributed by atoms with Crippen molar-refractivity contribution >= 4 is 40.7 Å². The molecule has 2 amide bonds. The van der Waals surface area contributed by atoms with Gasteiger partial charge in [-0.1, -0.05) is 41.4 Å². The van der Waals surface area contributed by atoms with Gasteiger partial charge in [-0.15, -0.1) is 0 Å². The molecule has 4 nitrogen and oxygen atoms in total. The van der Waals surface area contributed by atoms with Gasteiger partial charge in [0.25, 0.3) is 5.91 Å². The molecule has 0 aromatic heterocycles. The van der Waals surface area contributed by atoms with Crippen molar-refractivity contribution in [3.63, 3.8) is 0 Å². The number of halogens is 2. The Hall–Kier alpha value is -2.04. The molecule has 0 saturated carbocycles. The lowest BCUT2D eigenvalue weighted by Gasteiger charge is -2.23. The Kier molecular flexibility index (Phi) is 6.23. The third kappa shape index (κ3) is 4.49. The summed E-state index contributed by atoms with van der Waals surface area (Å²) in [5, 5.41) is 3.51. The van der Waals surface area contributed by atoms with Gasteiger partial charge in [0.05, 0.1) is 10.0 Å². The SMILES string of the molecule is CC(=O)N(CCNC(=O)c1ccc(Cl)c(Cl)c1)c1ccccc1C. The molecule has 1 N–H and O–H groups in total. The molecule has 0 aliphatic carbocycles. The maximum absolute atomic E-state index is 12.1. The van der Waals surface area contributed by atoms with Gasteiger partial charge in [0.15, 0.2) is 0 Å². The summed E-state index contributed by atoms with van der Waals surface area (Å²) in [5.41, 5.74) is 2.27. The molecule has 2 aromatic carbocycles. The van der Waals surface area contributed by atoms with Crippen LogP contribution >= 0.6 is 23.2 Å². The average molecular weight is 365 g/mol. The Morgan fingerprint density at radius 3 is 2.42 bits per heavy atom. The maximum Gasteiger partial charge on any atom is 0.251 e. The summed E-state index contributed by atoms with van der Waals surface area (Å²) in [5.74, 6) is -0.338. The van der Waals surface area contributed by atoms with Crippen LogP contribution in [0, 0.1) is 6.92 Å². The van der Waals surface area contributed by atoms with Crippen molar-refractivity contribution in [1.29, 1.82) is 0 Å². The molecule has 0 saturated heterocycles. The summed E-state index contributed by atoms with van der Waals surface area (Å²) >= 11 is 11.8. The molecule has 0 fully saturated rings. The number of nitrogens with one attached hydrogen (secondary N) is 1. The fourth-order valence-electron chi connectivity index (χ4n) is 2.33. The van der Waals surface area contributed by atoms with Gasteiger partial charge in [-0.3, -0.25) is 9.59 Å². The first-order valence-corrected chi connectivity index (χ1v) is 8.22. The summed E-state index contributed by atoms with van der Waals surface area (Å²) in [6, 6.07) is 12.3. The lowest BCUT2D eigenvalue weighted by atomic mass is 10.2. The smallest absolute Gasteiger partial charge is 0.251 e. The zero-order chi connectivity index (χ0) is 17.7. The molecular weight excluding hydrogens is 347 g/mol. The summed E-state index contributed by atoms with van der Waals surface area (Å²) in [4.78, 5) is 25.7. The Bertz CT molecular complexity index is 762. The molecule has 2 aromatic rings. The van der Waals surface area contributed by atoms with Gasteiger partial charge < -0.3 is 10.2 Å². The van der Waals surface area contributed by atoms with Crippen LogP contribution in [-0.4, -0.2) is 24.9 Å². The lowest BCUT2D eigenvalue weighted by Crippen LogP contribution is -2.37. The Morgan fingerprint density at radius 1 is 1.08 bits per heavy atom. The highest BCUT2D eigenvalue weighted by molar-refractivity contribution is 6.42. The van der Waals surface area contributed by atoms with Crippen LogP contribution in [0.5, 0.6) is 0 Å². The van der Waals surface area contributed by atoms with E-state index in [4.69, 9.17) is 23.2 Å². The lowest BCUT2D eigenvalue weighted by molar-refractivity contribution is -0.116. The summed E-state index contributed by atoms with van der Waals surface area (Å²) in [6.45, 7) is 4.16. The number of carbonyl (C=O) groups is 2. The van der Waals surface area contributed by atoms with Gasteiger partial charge in [-0.2, -0.15) is 0 Å². The van der Waals surface area contributed by atoms with Crippen LogP contribution in [-0.2, 0) is 4.79 Å². The van der Waals surface area contributed by atoms with E-state index < -0.39 is 0 Å². The molecule has 0 spiro atoms.